The Morgan fingerprint density at radius 1 is 0.913 bits per heavy atom. The Balaban J connectivity index is 1.56. The molecule has 1 fully saturated rings. The number of amides is 2. The summed E-state index contributed by atoms with van der Waals surface area (Å²) in [4.78, 5) is 25.8. The van der Waals surface area contributed by atoms with Crippen molar-refractivity contribution < 1.29 is 14.3 Å². The van der Waals surface area contributed by atoms with Gasteiger partial charge in [-0.25, -0.2) is 4.90 Å². The predicted octanol–water partition coefficient (Wildman–Crippen LogP) is 2.80. The van der Waals surface area contributed by atoms with Gasteiger partial charge >= 0.3 is 0 Å². The first-order valence-corrected chi connectivity index (χ1v) is 7.31. The minimum Gasteiger partial charge on any atom is -0.457 e. The van der Waals surface area contributed by atoms with Crippen LogP contribution in [0.15, 0.2) is 64.8 Å². The average molecular weight is 307 g/mol. The van der Waals surface area contributed by atoms with E-state index in [-0.39, 0.29) is 11.8 Å². The lowest BCUT2D eigenvalue weighted by Gasteiger charge is -2.15. The number of rotatable bonds is 3. The van der Waals surface area contributed by atoms with Crippen molar-refractivity contribution in [3.8, 4) is 11.5 Å². The van der Waals surface area contributed by atoms with Crippen LogP contribution >= 0.6 is 0 Å². The Labute approximate surface area is 132 Å². The number of imide groups is 1. The molecule has 0 aliphatic carbocycles. The maximum atomic E-state index is 12.3. The second-order valence-electron chi connectivity index (χ2n) is 5.41. The fourth-order valence-corrected chi connectivity index (χ4v) is 2.79. The van der Waals surface area contributed by atoms with Crippen molar-refractivity contribution in [1.29, 1.82) is 0 Å². The molecule has 0 aromatic heterocycles. The van der Waals surface area contributed by atoms with E-state index < -0.39 is 12.0 Å². The summed E-state index contributed by atoms with van der Waals surface area (Å²) in [6, 6.07) is 15.6. The van der Waals surface area contributed by atoms with E-state index in [0.717, 1.165) is 5.75 Å². The quantitative estimate of drug-likeness (QED) is 0.819. The summed E-state index contributed by atoms with van der Waals surface area (Å²) in [5.41, 5.74) is 0.532. The third-order valence-electron chi connectivity index (χ3n) is 3.95. The Morgan fingerprint density at radius 3 is 2.30 bits per heavy atom. The first kappa shape index (κ1) is 13.6. The molecule has 2 heterocycles. The van der Waals surface area contributed by atoms with Crippen LogP contribution in [-0.2, 0) is 9.59 Å². The van der Waals surface area contributed by atoms with Crippen LogP contribution in [-0.4, -0.2) is 24.4 Å². The van der Waals surface area contributed by atoms with E-state index in [1.54, 1.807) is 24.3 Å². The number of azo groups is 1. The predicted molar refractivity (Wildman–Crippen MR) is 82.5 cm³/mol. The van der Waals surface area contributed by atoms with Crippen LogP contribution in [0.1, 0.15) is 0 Å². The lowest BCUT2D eigenvalue weighted by Crippen LogP contribution is -2.31. The Kier molecular flexibility index (Phi) is 3.15. The van der Waals surface area contributed by atoms with Gasteiger partial charge in [0, 0.05) is 0 Å². The number of nitrogens with zero attached hydrogens (tertiary/aromatic N) is 3. The van der Waals surface area contributed by atoms with Gasteiger partial charge in [-0.2, -0.15) is 10.2 Å². The molecule has 2 aliphatic rings. The van der Waals surface area contributed by atoms with Crippen LogP contribution in [0, 0.1) is 5.92 Å². The Bertz CT molecular complexity index is 786. The molecule has 114 valence electrons. The fraction of sp³-hybridized carbons (Fsp3) is 0.176. The lowest BCUT2D eigenvalue weighted by molar-refractivity contribution is -0.122. The van der Waals surface area contributed by atoms with E-state index in [9.17, 15) is 9.59 Å². The molecule has 2 aromatic rings. The van der Waals surface area contributed by atoms with Gasteiger partial charge in [0.1, 0.15) is 11.5 Å². The molecule has 0 spiro atoms. The van der Waals surface area contributed by atoms with E-state index in [1.165, 1.54) is 4.90 Å². The number of benzene rings is 2. The number of hydrogen-bond donors (Lipinski definition) is 0. The molecule has 0 saturated carbocycles. The smallest absolute Gasteiger partial charge is 0.261 e. The standard InChI is InChI=1S/C17H13N3O3/c21-16-14-10-18-19-15(14)17(22)20(16)11-6-8-13(9-7-11)23-12-4-2-1-3-5-12/h1-9,14-15H,10H2/t14-,15+/m1/s1. The van der Waals surface area contributed by atoms with Gasteiger partial charge in [-0.15, -0.1) is 0 Å². The highest BCUT2D eigenvalue weighted by molar-refractivity contribution is 6.23. The molecule has 2 aliphatic heterocycles. The van der Waals surface area contributed by atoms with Crippen LogP contribution in [0.2, 0.25) is 0 Å². The topological polar surface area (TPSA) is 71.3 Å². The molecular weight excluding hydrogens is 294 g/mol. The zero-order valence-electron chi connectivity index (χ0n) is 12.1. The van der Waals surface area contributed by atoms with Gasteiger partial charge in [0.15, 0.2) is 6.04 Å². The van der Waals surface area contributed by atoms with Crippen molar-refractivity contribution in [2.24, 2.45) is 16.1 Å². The highest BCUT2D eigenvalue weighted by Gasteiger charge is 2.50. The minimum absolute atomic E-state index is 0.235. The zero-order chi connectivity index (χ0) is 15.8. The SMILES string of the molecule is O=C1[C@H]2N=NC[C@H]2C(=O)N1c1ccc(Oc2ccccc2)cc1. The van der Waals surface area contributed by atoms with Crippen LogP contribution < -0.4 is 9.64 Å². The molecule has 6 heteroatoms. The van der Waals surface area contributed by atoms with Crippen molar-refractivity contribution in [1.82, 2.24) is 0 Å². The zero-order valence-corrected chi connectivity index (χ0v) is 12.1. The number of anilines is 1. The number of carbonyl (C=O) groups excluding carboxylic acids is 2. The summed E-state index contributed by atoms with van der Waals surface area (Å²) in [6.45, 7) is 0.293. The molecule has 0 bridgehead atoms. The summed E-state index contributed by atoms with van der Waals surface area (Å²) < 4.78 is 5.70. The molecule has 6 nitrogen and oxygen atoms in total. The Morgan fingerprint density at radius 2 is 1.61 bits per heavy atom. The lowest BCUT2D eigenvalue weighted by atomic mass is 10.1. The number of fused-ring (bicyclic) bond motifs is 1. The third kappa shape index (κ3) is 2.28. The van der Waals surface area contributed by atoms with Crippen LogP contribution in [0.5, 0.6) is 11.5 Å². The molecular formula is C17H13N3O3. The van der Waals surface area contributed by atoms with E-state index >= 15 is 0 Å². The molecule has 2 aromatic carbocycles. The molecule has 4 rings (SSSR count). The molecule has 0 radical (unpaired) electrons. The summed E-state index contributed by atoms with van der Waals surface area (Å²) in [6.07, 6.45) is 0. The van der Waals surface area contributed by atoms with Crippen LogP contribution in [0.25, 0.3) is 0 Å². The Hall–Kier alpha value is -3.02. The molecule has 2 atom stereocenters. The normalized spacial score (nSPS) is 22.5. The van der Waals surface area contributed by atoms with Gasteiger partial charge in [-0.1, -0.05) is 18.2 Å². The average Bonchev–Trinajstić information content (AvgIpc) is 3.14. The van der Waals surface area contributed by atoms with Gasteiger partial charge in [0.2, 0.25) is 5.91 Å². The van der Waals surface area contributed by atoms with Gasteiger partial charge < -0.3 is 4.74 Å². The van der Waals surface area contributed by atoms with Crippen molar-refractivity contribution in [3.05, 3.63) is 54.6 Å². The van der Waals surface area contributed by atoms with Gasteiger partial charge in [0.05, 0.1) is 18.2 Å². The van der Waals surface area contributed by atoms with E-state index in [0.29, 0.717) is 18.0 Å². The van der Waals surface area contributed by atoms with Crippen LogP contribution in [0.4, 0.5) is 5.69 Å². The molecule has 0 unspecified atom stereocenters. The summed E-state index contributed by atoms with van der Waals surface area (Å²) in [7, 11) is 0. The highest BCUT2D eigenvalue weighted by Crippen LogP contribution is 2.33. The van der Waals surface area contributed by atoms with E-state index in [4.69, 9.17) is 4.74 Å². The van der Waals surface area contributed by atoms with E-state index in [2.05, 4.69) is 10.2 Å². The largest absolute Gasteiger partial charge is 0.457 e. The molecule has 23 heavy (non-hydrogen) atoms. The second-order valence-corrected chi connectivity index (χ2v) is 5.41. The van der Waals surface area contributed by atoms with Crippen molar-refractivity contribution in [2.75, 3.05) is 11.4 Å². The van der Waals surface area contributed by atoms with Crippen molar-refractivity contribution >= 4 is 17.5 Å². The first-order valence-electron chi connectivity index (χ1n) is 7.31. The molecule has 0 N–H and O–H groups in total. The van der Waals surface area contributed by atoms with E-state index in [1.807, 2.05) is 30.3 Å². The highest BCUT2D eigenvalue weighted by atomic mass is 16.5. The second kappa shape index (κ2) is 5.31. The third-order valence-corrected chi connectivity index (χ3v) is 3.95. The summed E-state index contributed by atoms with van der Waals surface area (Å²) in [5.74, 6) is 0.380. The van der Waals surface area contributed by atoms with Gasteiger partial charge in [-0.3, -0.25) is 9.59 Å². The van der Waals surface area contributed by atoms with Crippen LogP contribution in [0.3, 0.4) is 0 Å². The number of para-hydroxylation sites is 1. The molecule has 2 amide bonds. The minimum atomic E-state index is -0.650. The first-order chi connectivity index (χ1) is 11.2. The van der Waals surface area contributed by atoms with Gasteiger partial charge in [0.25, 0.3) is 5.91 Å². The summed E-state index contributed by atoms with van der Waals surface area (Å²) >= 11 is 0. The van der Waals surface area contributed by atoms with Gasteiger partial charge in [-0.05, 0) is 36.4 Å². The van der Waals surface area contributed by atoms with Crippen molar-refractivity contribution in [3.63, 3.8) is 0 Å². The number of carbonyl (C=O) groups is 2. The van der Waals surface area contributed by atoms with Crippen molar-refractivity contribution in [2.45, 2.75) is 6.04 Å². The maximum Gasteiger partial charge on any atom is 0.261 e. The summed E-state index contributed by atoms with van der Waals surface area (Å²) in [5, 5.41) is 7.66. The molecule has 1 saturated heterocycles. The maximum absolute atomic E-state index is 12.3. The number of hydrogen-bond acceptors (Lipinski definition) is 5. The fourth-order valence-electron chi connectivity index (χ4n) is 2.79. The number of ether oxygens (including phenoxy) is 1. The monoisotopic (exact) mass is 307 g/mol.